The van der Waals surface area contributed by atoms with Crippen molar-refractivity contribution in [2.24, 2.45) is 0 Å². The summed E-state index contributed by atoms with van der Waals surface area (Å²) in [4.78, 5) is 61.3. The third-order valence-electron chi connectivity index (χ3n) is 10.8. The van der Waals surface area contributed by atoms with Gasteiger partial charge in [-0.1, -0.05) is 91.7 Å². The highest BCUT2D eigenvalue weighted by Crippen LogP contribution is 2.41. The molecule has 0 N–H and O–H groups in total. The molecule has 0 spiro atoms. The third-order valence-corrected chi connectivity index (χ3v) is 10.8. The lowest BCUT2D eigenvalue weighted by atomic mass is 9.85. The molecule has 3 aliphatic rings. The van der Waals surface area contributed by atoms with Gasteiger partial charge in [0.05, 0.1) is 11.4 Å². The predicted octanol–water partition coefficient (Wildman–Crippen LogP) is 9.31. The van der Waals surface area contributed by atoms with Gasteiger partial charge in [0.25, 0.3) is 23.6 Å². The molecule has 1 aliphatic carbocycles. The molecule has 9 rings (SSSR count). The van der Waals surface area contributed by atoms with Gasteiger partial charge < -0.3 is 4.90 Å². The van der Waals surface area contributed by atoms with Crippen LogP contribution in [0.25, 0.3) is 10.8 Å². The summed E-state index contributed by atoms with van der Waals surface area (Å²) in [6.45, 7) is 1.25. The summed E-state index contributed by atoms with van der Waals surface area (Å²) in [5, 5.41) is 0.709. The topological polar surface area (TPSA) is 78.0 Å². The van der Waals surface area contributed by atoms with E-state index in [0.717, 1.165) is 29.7 Å². The third kappa shape index (κ3) is 5.28. The van der Waals surface area contributed by atoms with E-state index >= 15 is 0 Å². The molecule has 0 bridgehead atoms. The maximum atomic E-state index is 14.3. The first-order valence-corrected chi connectivity index (χ1v) is 17.9. The fourth-order valence-electron chi connectivity index (χ4n) is 8.17. The van der Waals surface area contributed by atoms with Gasteiger partial charge in [-0.25, -0.2) is 9.80 Å². The van der Waals surface area contributed by atoms with Crippen LogP contribution in [0.2, 0.25) is 0 Å². The molecular formula is C45H35N3O4. The monoisotopic (exact) mass is 681 g/mol. The molecular weight excluding hydrogens is 647 g/mol. The van der Waals surface area contributed by atoms with Crippen molar-refractivity contribution in [3.63, 3.8) is 0 Å². The van der Waals surface area contributed by atoms with Crippen LogP contribution in [-0.2, 0) is 13.1 Å². The maximum Gasteiger partial charge on any atom is 0.265 e. The van der Waals surface area contributed by atoms with E-state index in [-0.39, 0.29) is 11.1 Å². The summed E-state index contributed by atoms with van der Waals surface area (Å²) in [7, 11) is 0. The molecule has 0 aromatic heterocycles. The SMILES string of the molecule is O=C1c2ccc3c4c(ccc(c24)C(=O)N1c1ccc(C2CCCC2)cc1)C(=O)N(c1cccc(N(Cc2ccccc2)Cc2ccccc2)c1)C3=O. The van der Waals surface area contributed by atoms with Gasteiger partial charge in [-0.2, -0.15) is 0 Å². The van der Waals surface area contributed by atoms with Gasteiger partial charge in [0.1, 0.15) is 0 Å². The molecule has 0 unspecified atom stereocenters. The van der Waals surface area contributed by atoms with Crippen molar-refractivity contribution in [2.45, 2.75) is 44.7 Å². The van der Waals surface area contributed by atoms with E-state index < -0.39 is 23.6 Å². The first-order valence-electron chi connectivity index (χ1n) is 17.9. The Balaban J connectivity index is 1.06. The lowest BCUT2D eigenvalue weighted by Crippen LogP contribution is -2.43. The number of imide groups is 2. The summed E-state index contributed by atoms with van der Waals surface area (Å²) in [5.41, 5.74) is 6.44. The van der Waals surface area contributed by atoms with Crippen LogP contribution < -0.4 is 14.7 Å². The molecule has 2 heterocycles. The van der Waals surface area contributed by atoms with Crippen molar-refractivity contribution in [1.82, 2.24) is 0 Å². The predicted molar refractivity (Wildman–Crippen MR) is 203 cm³/mol. The van der Waals surface area contributed by atoms with Crippen molar-refractivity contribution in [3.8, 4) is 0 Å². The zero-order chi connectivity index (χ0) is 35.3. The molecule has 7 nitrogen and oxygen atoms in total. The molecule has 1 saturated carbocycles. The standard InChI is InChI=1S/C45H35N3O4/c49-42-36-22-24-38-41-39(25-23-37(40(36)41)43(50)47(42)33-20-18-32(19-21-33)31-14-7-8-15-31)45(52)48(44(38)51)35-17-9-16-34(26-35)46(27-29-10-3-1-4-11-29)28-30-12-5-2-6-13-30/h1-6,9-13,16-26,31H,7-8,14-15,27-28H2. The number of hydrogen-bond donors (Lipinski definition) is 0. The van der Waals surface area contributed by atoms with E-state index in [1.54, 1.807) is 30.3 Å². The van der Waals surface area contributed by atoms with Crippen molar-refractivity contribution < 1.29 is 19.2 Å². The Morgan fingerprint density at radius 3 is 1.42 bits per heavy atom. The molecule has 6 aromatic rings. The summed E-state index contributed by atoms with van der Waals surface area (Å²) < 4.78 is 0. The summed E-state index contributed by atoms with van der Waals surface area (Å²) in [6.07, 6.45) is 4.75. The van der Waals surface area contributed by atoms with Gasteiger partial charge in [-0.3, -0.25) is 19.2 Å². The first-order chi connectivity index (χ1) is 25.5. The second-order valence-electron chi connectivity index (χ2n) is 13.9. The van der Waals surface area contributed by atoms with E-state index in [2.05, 4.69) is 29.2 Å². The van der Waals surface area contributed by atoms with Crippen LogP contribution in [0.4, 0.5) is 17.1 Å². The molecule has 0 atom stereocenters. The Morgan fingerprint density at radius 2 is 0.942 bits per heavy atom. The quantitative estimate of drug-likeness (QED) is 0.150. The fraction of sp³-hybridized carbons (Fsp3) is 0.156. The lowest BCUT2D eigenvalue weighted by molar-refractivity contribution is 0.0873. The van der Waals surface area contributed by atoms with Gasteiger partial charge in [-0.05, 0) is 90.0 Å². The summed E-state index contributed by atoms with van der Waals surface area (Å²) >= 11 is 0. The normalized spacial score (nSPS) is 15.5. The first kappa shape index (κ1) is 31.6. The second kappa shape index (κ2) is 12.8. The van der Waals surface area contributed by atoms with Gasteiger partial charge in [-0.15, -0.1) is 0 Å². The van der Waals surface area contributed by atoms with Crippen LogP contribution in [0.1, 0.15) is 89.7 Å². The van der Waals surface area contributed by atoms with E-state index in [1.807, 2.05) is 78.9 Å². The number of carbonyl (C=O) groups excluding carboxylic acids is 4. The van der Waals surface area contributed by atoms with Crippen molar-refractivity contribution in [1.29, 1.82) is 0 Å². The lowest BCUT2D eigenvalue weighted by Gasteiger charge is -2.32. The van der Waals surface area contributed by atoms with E-state index in [9.17, 15) is 19.2 Å². The zero-order valence-electron chi connectivity index (χ0n) is 28.5. The van der Waals surface area contributed by atoms with Crippen molar-refractivity contribution in [2.75, 3.05) is 14.7 Å². The smallest absolute Gasteiger partial charge is 0.265 e. The van der Waals surface area contributed by atoms with E-state index in [4.69, 9.17) is 0 Å². The minimum absolute atomic E-state index is 0.279. The molecule has 7 heteroatoms. The van der Waals surface area contributed by atoms with Crippen LogP contribution in [0.3, 0.4) is 0 Å². The van der Waals surface area contributed by atoms with Crippen molar-refractivity contribution in [3.05, 3.63) is 172 Å². The Hall–Kier alpha value is -6.34. The largest absolute Gasteiger partial charge is 0.363 e. The second-order valence-corrected chi connectivity index (χ2v) is 13.9. The van der Waals surface area contributed by atoms with Crippen LogP contribution in [-0.4, -0.2) is 23.6 Å². The number of anilines is 3. The van der Waals surface area contributed by atoms with Crippen LogP contribution in [0.5, 0.6) is 0 Å². The van der Waals surface area contributed by atoms with Crippen LogP contribution in [0.15, 0.2) is 133 Å². The minimum atomic E-state index is -0.499. The highest BCUT2D eigenvalue weighted by atomic mass is 16.2. The van der Waals surface area contributed by atoms with Crippen LogP contribution in [0, 0.1) is 0 Å². The summed E-state index contributed by atoms with van der Waals surface area (Å²) in [6, 6.07) is 42.0. The minimum Gasteiger partial charge on any atom is -0.363 e. The van der Waals surface area contributed by atoms with E-state index in [0.29, 0.717) is 52.3 Å². The molecule has 6 aromatic carbocycles. The Labute approximate surface area is 301 Å². The average molecular weight is 682 g/mol. The van der Waals surface area contributed by atoms with Gasteiger partial charge in [0.15, 0.2) is 0 Å². The van der Waals surface area contributed by atoms with Crippen molar-refractivity contribution >= 4 is 51.5 Å². The molecule has 254 valence electrons. The number of rotatable bonds is 8. The Kier molecular flexibility index (Phi) is 7.76. The fourth-order valence-corrected chi connectivity index (χ4v) is 8.17. The highest BCUT2D eigenvalue weighted by Gasteiger charge is 2.41. The van der Waals surface area contributed by atoms with Gasteiger partial charge >= 0.3 is 0 Å². The van der Waals surface area contributed by atoms with Gasteiger partial charge in [0, 0.05) is 51.8 Å². The molecule has 4 amide bonds. The van der Waals surface area contributed by atoms with E-state index in [1.165, 1.54) is 28.2 Å². The number of amides is 4. The Bertz CT molecular complexity index is 2290. The maximum absolute atomic E-state index is 14.3. The van der Waals surface area contributed by atoms with Crippen LogP contribution >= 0.6 is 0 Å². The molecule has 2 aliphatic heterocycles. The molecule has 0 saturated heterocycles. The molecule has 52 heavy (non-hydrogen) atoms. The van der Waals surface area contributed by atoms with Gasteiger partial charge in [0.2, 0.25) is 0 Å². The highest BCUT2D eigenvalue weighted by molar-refractivity contribution is 6.42. The summed E-state index contributed by atoms with van der Waals surface area (Å²) in [5.74, 6) is -1.43. The Morgan fingerprint density at radius 1 is 0.481 bits per heavy atom. The zero-order valence-corrected chi connectivity index (χ0v) is 28.5. The molecule has 0 radical (unpaired) electrons. The molecule has 1 fully saturated rings. The number of benzene rings is 6. The number of hydrogen-bond acceptors (Lipinski definition) is 5. The average Bonchev–Trinajstić information content (AvgIpc) is 3.73. The number of carbonyl (C=O) groups is 4. The number of nitrogens with zero attached hydrogens (tertiary/aromatic N) is 3.